The second kappa shape index (κ2) is 8.90. The van der Waals surface area contributed by atoms with Crippen molar-refractivity contribution in [2.45, 2.75) is 14.5 Å². The summed E-state index contributed by atoms with van der Waals surface area (Å²) in [5.41, 5.74) is 0. The van der Waals surface area contributed by atoms with Gasteiger partial charge in [-0.2, -0.15) is 0 Å². The first kappa shape index (κ1) is 20.3. The van der Waals surface area contributed by atoms with Crippen LogP contribution in [0.1, 0.15) is 0 Å². The Kier molecular flexibility index (Phi) is 8.20. The van der Waals surface area contributed by atoms with Gasteiger partial charge in [0.15, 0.2) is 0 Å². The van der Waals surface area contributed by atoms with Gasteiger partial charge in [0.2, 0.25) is 4.73 Å². The minimum Gasteiger partial charge on any atom is -0.311 e. The Bertz CT molecular complexity index is 523. The summed E-state index contributed by atoms with van der Waals surface area (Å²) in [5, 5.41) is 0. The monoisotopic (exact) mass is 386 g/mol. The molecule has 126 valence electrons. The van der Waals surface area contributed by atoms with Crippen LogP contribution in [-0.4, -0.2) is 39.4 Å². The summed E-state index contributed by atoms with van der Waals surface area (Å²) < 4.78 is 44.3. The summed E-state index contributed by atoms with van der Waals surface area (Å²) in [6, 6.07) is 7.52. The maximum atomic E-state index is 12.7. The third kappa shape index (κ3) is 4.62. The maximum absolute atomic E-state index is 12.7. The molecule has 0 aliphatic carbocycles. The fourth-order valence-electron chi connectivity index (χ4n) is 1.59. The number of benzene rings is 1. The summed E-state index contributed by atoms with van der Waals surface area (Å²) in [4.78, 5) is 1.84. The van der Waals surface area contributed by atoms with Crippen molar-refractivity contribution < 1.29 is 27.2 Å². The molecule has 1 aromatic rings. The van der Waals surface area contributed by atoms with E-state index in [1.807, 2.05) is 30.5 Å². The topological polar surface area (TPSA) is 71.1 Å². The number of hydrogen-bond donors (Lipinski definition) is 0. The highest BCUT2D eigenvalue weighted by Gasteiger charge is 2.50. The fourth-order valence-corrected chi connectivity index (χ4v) is 8.87. The Morgan fingerprint density at radius 3 is 1.50 bits per heavy atom. The lowest BCUT2D eigenvalue weighted by Gasteiger charge is -2.28. The first-order valence-corrected chi connectivity index (χ1v) is 11.4. The highest BCUT2D eigenvalue weighted by molar-refractivity contribution is 8.12. The average Bonchev–Trinajstić information content (AvgIpc) is 2.58. The number of rotatable bonds is 9. The van der Waals surface area contributed by atoms with Gasteiger partial charge in [-0.05, 0) is 30.5 Å². The van der Waals surface area contributed by atoms with Crippen molar-refractivity contribution in [3.63, 3.8) is 0 Å². The van der Waals surface area contributed by atoms with Crippen molar-refractivity contribution in [3.8, 4) is 0 Å². The van der Waals surface area contributed by atoms with E-state index in [-0.39, 0.29) is 0 Å². The molecule has 10 heteroatoms. The van der Waals surface area contributed by atoms with Crippen molar-refractivity contribution in [1.29, 1.82) is 0 Å². The van der Waals surface area contributed by atoms with Crippen LogP contribution in [-0.2, 0) is 27.2 Å². The van der Waals surface area contributed by atoms with Gasteiger partial charge < -0.3 is 18.1 Å². The highest BCUT2D eigenvalue weighted by atomic mass is 32.2. The van der Waals surface area contributed by atoms with Crippen LogP contribution in [0, 0.1) is 0 Å². The normalized spacial score (nSPS) is 12.8. The van der Waals surface area contributed by atoms with E-state index in [1.54, 1.807) is 11.8 Å². The quantitative estimate of drug-likeness (QED) is 0.445. The molecule has 0 spiro atoms. The fraction of sp³-hybridized carbons (Fsp3) is 0.500. The van der Waals surface area contributed by atoms with Crippen LogP contribution in [0.5, 0.6) is 0 Å². The first-order chi connectivity index (χ1) is 10.4. The minimum absolute atomic E-state index is 0.756. The zero-order valence-electron chi connectivity index (χ0n) is 13.0. The highest BCUT2D eigenvalue weighted by Crippen LogP contribution is 2.73. The molecule has 0 radical (unpaired) electrons. The van der Waals surface area contributed by atoms with Gasteiger partial charge in [0.25, 0.3) is 0 Å². The van der Waals surface area contributed by atoms with Gasteiger partial charge in [-0.25, -0.2) is 0 Å². The third-order valence-corrected chi connectivity index (χ3v) is 11.4. The van der Waals surface area contributed by atoms with E-state index in [0.29, 0.717) is 0 Å². The van der Waals surface area contributed by atoms with Crippen LogP contribution >= 0.6 is 38.7 Å². The van der Waals surface area contributed by atoms with E-state index in [4.69, 9.17) is 18.1 Å². The molecule has 1 rings (SSSR count). The lowest BCUT2D eigenvalue weighted by atomic mass is 10.4. The molecule has 22 heavy (non-hydrogen) atoms. The predicted molar refractivity (Wildman–Crippen MR) is 91.1 cm³/mol. The van der Waals surface area contributed by atoms with Crippen LogP contribution in [0.15, 0.2) is 34.1 Å². The molecule has 0 aliphatic rings. The van der Waals surface area contributed by atoms with Gasteiger partial charge >= 0.3 is 15.2 Å². The van der Waals surface area contributed by atoms with E-state index in [1.165, 1.54) is 28.4 Å². The molecule has 0 aliphatic heterocycles. The average molecular weight is 386 g/mol. The van der Waals surface area contributed by atoms with Gasteiger partial charge in [-0.3, -0.25) is 9.13 Å². The van der Waals surface area contributed by atoms with Crippen molar-refractivity contribution in [3.05, 3.63) is 24.3 Å². The molecule has 1 aromatic carbocycles. The van der Waals surface area contributed by atoms with E-state index in [2.05, 4.69) is 0 Å². The van der Waals surface area contributed by atoms with E-state index in [9.17, 15) is 9.13 Å². The van der Waals surface area contributed by atoms with E-state index in [0.717, 1.165) is 21.6 Å². The predicted octanol–water partition coefficient (Wildman–Crippen LogP) is 4.76. The summed E-state index contributed by atoms with van der Waals surface area (Å²) >= 11 is 2.69. The number of hydrogen-bond acceptors (Lipinski definition) is 8. The van der Waals surface area contributed by atoms with E-state index < -0.39 is 19.9 Å². The van der Waals surface area contributed by atoms with Crippen LogP contribution < -0.4 is 0 Å². The Labute approximate surface area is 139 Å². The second-order valence-corrected chi connectivity index (χ2v) is 11.7. The molecule has 0 amide bonds. The van der Waals surface area contributed by atoms with E-state index >= 15 is 0 Å². The Morgan fingerprint density at radius 2 is 1.18 bits per heavy atom. The van der Waals surface area contributed by atoms with Gasteiger partial charge in [-0.15, -0.1) is 11.8 Å². The standard InChI is InChI=1S/C12H20O6P2S2/c1-15-19(13,16-2)12(20(14,17-3)18-4)22-11-8-6-10(21-5)7-9-11/h6-9,12H,1-5H3. The second-order valence-electron chi connectivity index (χ2n) is 3.93. The molecule has 0 aromatic heterocycles. The molecule has 6 nitrogen and oxygen atoms in total. The van der Waals surface area contributed by atoms with Gasteiger partial charge in [0, 0.05) is 38.2 Å². The van der Waals surface area contributed by atoms with Crippen LogP contribution in [0.3, 0.4) is 0 Å². The first-order valence-electron chi connectivity index (χ1n) is 6.12. The molecule has 0 saturated heterocycles. The molecule has 0 atom stereocenters. The SMILES string of the molecule is COP(=O)(OC)C(Sc1ccc(SC)cc1)P(=O)(OC)OC. The zero-order valence-corrected chi connectivity index (χ0v) is 16.5. The van der Waals surface area contributed by atoms with Crippen LogP contribution in [0.25, 0.3) is 0 Å². The molecule has 0 unspecified atom stereocenters. The molecule has 0 heterocycles. The van der Waals surface area contributed by atoms with Gasteiger partial charge in [0.1, 0.15) is 0 Å². The maximum Gasteiger partial charge on any atom is 0.355 e. The molecule has 0 bridgehead atoms. The molecule has 0 saturated carbocycles. The lowest BCUT2D eigenvalue weighted by Crippen LogP contribution is -2.11. The summed E-state index contributed by atoms with van der Waals surface area (Å²) in [7, 11) is -2.41. The Hall–Kier alpha value is 0.220. The Morgan fingerprint density at radius 1 is 0.818 bits per heavy atom. The molecular weight excluding hydrogens is 366 g/mol. The number of thioether (sulfide) groups is 2. The molecular formula is C12H20O6P2S2. The van der Waals surface area contributed by atoms with Crippen molar-refractivity contribution in [2.24, 2.45) is 0 Å². The van der Waals surface area contributed by atoms with Gasteiger partial charge in [0.05, 0.1) is 0 Å². The van der Waals surface area contributed by atoms with Crippen LogP contribution in [0.4, 0.5) is 0 Å². The minimum atomic E-state index is -3.69. The van der Waals surface area contributed by atoms with Crippen molar-refractivity contribution >= 4 is 38.7 Å². The third-order valence-electron chi connectivity index (χ3n) is 2.86. The lowest BCUT2D eigenvalue weighted by molar-refractivity contribution is 0.257. The van der Waals surface area contributed by atoms with Crippen LogP contribution in [0.2, 0.25) is 0 Å². The molecule has 0 N–H and O–H groups in total. The van der Waals surface area contributed by atoms with Gasteiger partial charge in [-0.1, -0.05) is 11.8 Å². The smallest absolute Gasteiger partial charge is 0.311 e. The Balaban J connectivity index is 3.20. The van der Waals surface area contributed by atoms with Crippen molar-refractivity contribution in [1.82, 2.24) is 0 Å². The molecule has 0 fully saturated rings. The van der Waals surface area contributed by atoms with Crippen molar-refractivity contribution in [2.75, 3.05) is 34.7 Å². The zero-order chi connectivity index (χ0) is 16.8. The largest absolute Gasteiger partial charge is 0.355 e. The summed E-state index contributed by atoms with van der Waals surface area (Å²) in [6.07, 6.45) is 1.97. The summed E-state index contributed by atoms with van der Waals surface area (Å²) in [6.45, 7) is 0. The summed E-state index contributed by atoms with van der Waals surface area (Å²) in [5.74, 6) is 0.